The molecular weight excluding hydrogens is 350 g/mol. The highest BCUT2D eigenvalue weighted by Gasteiger charge is 2.13. The molecule has 0 bridgehead atoms. The van der Waals surface area contributed by atoms with Crippen LogP contribution in [0, 0.1) is 12.3 Å². The molecule has 0 spiro atoms. The number of amides is 1. The Labute approximate surface area is 164 Å². The molecule has 0 unspecified atom stereocenters. The summed E-state index contributed by atoms with van der Waals surface area (Å²) in [6.07, 6.45) is 10.4. The van der Waals surface area contributed by atoms with Gasteiger partial charge in [-0.1, -0.05) is 5.92 Å². The van der Waals surface area contributed by atoms with Crippen LogP contribution in [-0.4, -0.2) is 34.4 Å². The van der Waals surface area contributed by atoms with Crippen LogP contribution in [-0.2, 0) is 11.3 Å². The fourth-order valence-corrected chi connectivity index (χ4v) is 3.52. The number of hydrogen-bond donors (Lipinski definition) is 2. The minimum atomic E-state index is 0.497. The minimum absolute atomic E-state index is 0.497. The van der Waals surface area contributed by atoms with Crippen molar-refractivity contribution < 1.29 is 4.79 Å². The number of nitrogens with one attached hydrogen (secondary N) is 2. The summed E-state index contributed by atoms with van der Waals surface area (Å²) in [5.41, 5.74) is 4.33. The molecule has 6 nitrogen and oxygen atoms in total. The van der Waals surface area contributed by atoms with Gasteiger partial charge in [0.2, 0.25) is 12.4 Å². The number of likely N-dealkylation sites (tertiary alicyclic amines) is 1. The molecule has 1 aliphatic heterocycles. The first kappa shape index (κ1) is 18.0. The van der Waals surface area contributed by atoms with Gasteiger partial charge in [0.1, 0.15) is 0 Å². The lowest BCUT2D eigenvalue weighted by molar-refractivity contribution is -0.105. The number of rotatable bonds is 6. The molecule has 0 radical (unpaired) electrons. The van der Waals surface area contributed by atoms with Crippen LogP contribution in [0.4, 0.5) is 17.3 Å². The number of carbonyl (C=O) groups excluding carboxylic acids is 1. The van der Waals surface area contributed by atoms with Crippen molar-refractivity contribution in [1.29, 1.82) is 0 Å². The zero-order chi connectivity index (χ0) is 19.3. The van der Waals surface area contributed by atoms with Gasteiger partial charge in [0, 0.05) is 35.1 Å². The number of fused-ring (bicyclic) bond motifs is 1. The molecule has 3 aromatic rings. The van der Waals surface area contributed by atoms with Crippen LogP contribution in [0.1, 0.15) is 24.0 Å². The van der Waals surface area contributed by atoms with Gasteiger partial charge in [-0.15, -0.1) is 6.42 Å². The van der Waals surface area contributed by atoms with E-state index in [4.69, 9.17) is 6.42 Å². The standard InChI is InChI=1S/C22H21N5O/c1-2-16-5-6-21-18(9-16)13-23-22(26-21)25-20-11-17(10-19(12-20)24-15-28)14-27-7-3-4-8-27/h1,5-6,9-13,15H,3-4,7-8,14H2,(H,24,28)(H,23,25,26). The van der Waals surface area contributed by atoms with Crippen molar-refractivity contribution >= 4 is 34.6 Å². The van der Waals surface area contributed by atoms with Crippen LogP contribution in [0.5, 0.6) is 0 Å². The first-order valence-corrected chi connectivity index (χ1v) is 9.30. The first-order chi connectivity index (χ1) is 13.7. The Kier molecular flexibility index (Phi) is 5.18. The van der Waals surface area contributed by atoms with Crippen LogP contribution < -0.4 is 10.6 Å². The number of benzene rings is 2. The summed E-state index contributed by atoms with van der Waals surface area (Å²) in [7, 11) is 0. The third-order valence-electron chi connectivity index (χ3n) is 4.83. The lowest BCUT2D eigenvalue weighted by Gasteiger charge is -2.16. The SMILES string of the molecule is C#Cc1ccc2nc(Nc3cc(CN4CCCC4)cc(NC=O)c3)ncc2c1. The normalized spacial score (nSPS) is 14.0. The van der Waals surface area contributed by atoms with E-state index in [-0.39, 0.29) is 0 Å². The monoisotopic (exact) mass is 371 g/mol. The predicted molar refractivity (Wildman–Crippen MR) is 111 cm³/mol. The molecule has 2 aromatic carbocycles. The Morgan fingerprint density at radius 3 is 2.75 bits per heavy atom. The molecule has 2 heterocycles. The average molecular weight is 371 g/mol. The number of hydrogen-bond acceptors (Lipinski definition) is 5. The highest BCUT2D eigenvalue weighted by atomic mass is 16.1. The lowest BCUT2D eigenvalue weighted by Crippen LogP contribution is -2.18. The zero-order valence-electron chi connectivity index (χ0n) is 15.5. The number of carbonyl (C=O) groups is 1. The van der Waals surface area contributed by atoms with Crippen LogP contribution in [0.2, 0.25) is 0 Å². The lowest BCUT2D eigenvalue weighted by atomic mass is 10.1. The second-order valence-corrected chi connectivity index (χ2v) is 6.90. The maximum absolute atomic E-state index is 10.9. The van der Waals surface area contributed by atoms with Crippen molar-refractivity contribution in [2.24, 2.45) is 0 Å². The maximum Gasteiger partial charge on any atom is 0.227 e. The Hall–Kier alpha value is -3.43. The third-order valence-corrected chi connectivity index (χ3v) is 4.83. The third kappa shape index (κ3) is 4.11. The molecule has 0 aliphatic carbocycles. The van der Waals surface area contributed by atoms with Crippen molar-refractivity contribution in [2.45, 2.75) is 19.4 Å². The van der Waals surface area contributed by atoms with E-state index in [0.717, 1.165) is 53.0 Å². The van der Waals surface area contributed by atoms with Crippen molar-refractivity contribution in [1.82, 2.24) is 14.9 Å². The predicted octanol–water partition coefficient (Wildman–Crippen LogP) is 3.52. The number of anilines is 3. The van der Waals surface area contributed by atoms with E-state index in [1.807, 2.05) is 30.3 Å². The molecule has 1 fully saturated rings. The average Bonchev–Trinajstić information content (AvgIpc) is 3.20. The second-order valence-electron chi connectivity index (χ2n) is 6.90. The van der Waals surface area contributed by atoms with Crippen LogP contribution in [0.3, 0.4) is 0 Å². The Morgan fingerprint density at radius 2 is 1.96 bits per heavy atom. The molecule has 2 N–H and O–H groups in total. The smallest absolute Gasteiger partial charge is 0.227 e. The minimum Gasteiger partial charge on any atom is -0.329 e. The molecule has 1 saturated heterocycles. The highest BCUT2D eigenvalue weighted by Crippen LogP contribution is 2.24. The zero-order valence-corrected chi connectivity index (χ0v) is 15.5. The van der Waals surface area contributed by atoms with E-state index >= 15 is 0 Å². The summed E-state index contributed by atoms with van der Waals surface area (Å²) in [5, 5.41) is 6.89. The number of aromatic nitrogens is 2. The van der Waals surface area contributed by atoms with E-state index < -0.39 is 0 Å². The summed E-state index contributed by atoms with van der Waals surface area (Å²) in [6.45, 7) is 3.08. The van der Waals surface area contributed by atoms with Crippen molar-refractivity contribution in [2.75, 3.05) is 23.7 Å². The molecule has 4 rings (SSSR count). The Bertz CT molecular complexity index is 1050. The largest absolute Gasteiger partial charge is 0.329 e. The topological polar surface area (TPSA) is 70.2 Å². The Morgan fingerprint density at radius 1 is 1.14 bits per heavy atom. The van der Waals surface area contributed by atoms with E-state index in [1.54, 1.807) is 6.20 Å². The number of nitrogens with zero attached hydrogens (tertiary/aromatic N) is 3. The summed E-state index contributed by atoms with van der Waals surface area (Å²) < 4.78 is 0. The van der Waals surface area contributed by atoms with E-state index in [2.05, 4.69) is 37.5 Å². The molecular formula is C22H21N5O. The van der Waals surface area contributed by atoms with Gasteiger partial charge in [0.05, 0.1) is 5.52 Å². The Balaban J connectivity index is 1.60. The van der Waals surface area contributed by atoms with Gasteiger partial charge in [-0.05, 0) is 67.9 Å². The summed E-state index contributed by atoms with van der Waals surface area (Å²) in [6, 6.07) is 11.6. The molecule has 28 heavy (non-hydrogen) atoms. The fraction of sp³-hybridized carbons (Fsp3) is 0.227. The first-order valence-electron chi connectivity index (χ1n) is 9.30. The summed E-state index contributed by atoms with van der Waals surface area (Å²) in [5.74, 6) is 3.11. The van der Waals surface area contributed by atoms with Gasteiger partial charge in [0.15, 0.2) is 0 Å². The molecule has 140 valence electrons. The molecule has 1 aromatic heterocycles. The van der Waals surface area contributed by atoms with Crippen molar-refractivity contribution in [3.8, 4) is 12.3 Å². The quantitative estimate of drug-likeness (QED) is 0.512. The van der Waals surface area contributed by atoms with E-state index in [0.29, 0.717) is 12.4 Å². The maximum atomic E-state index is 10.9. The van der Waals surface area contributed by atoms with Gasteiger partial charge in [-0.25, -0.2) is 9.97 Å². The molecule has 1 amide bonds. The highest BCUT2D eigenvalue weighted by molar-refractivity contribution is 5.81. The number of terminal acetylenes is 1. The fourth-order valence-electron chi connectivity index (χ4n) is 3.52. The summed E-state index contributed by atoms with van der Waals surface area (Å²) in [4.78, 5) is 22.3. The summed E-state index contributed by atoms with van der Waals surface area (Å²) >= 11 is 0. The van der Waals surface area contributed by atoms with E-state index in [1.165, 1.54) is 12.8 Å². The molecule has 0 saturated carbocycles. The molecule has 1 aliphatic rings. The second kappa shape index (κ2) is 8.07. The van der Waals surface area contributed by atoms with Gasteiger partial charge >= 0.3 is 0 Å². The van der Waals surface area contributed by atoms with Crippen LogP contribution in [0.25, 0.3) is 10.9 Å². The van der Waals surface area contributed by atoms with E-state index in [9.17, 15) is 4.79 Å². The van der Waals surface area contributed by atoms with Crippen molar-refractivity contribution in [3.63, 3.8) is 0 Å². The van der Waals surface area contributed by atoms with Gasteiger partial charge in [-0.3, -0.25) is 9.69 Å². The van der Waals surface area contributed by atoms with Gasteiger partial charge < -0.3 is 10.6 Å². The van der Waals surface area contributed by atoms with Crippen molar-refractivity contribution in [3.05, 3.63) is 53.7 Å². The molecule has 6 heteroatoms. The van der Waals surface area contributed by atoms with Crippen LogP contribution in [0.15, 0.2) is 42.6 Å². The van der Waals surface area contributed by atoms with Gasteiger partial charge in [-0.2, -0.15) is 0 Å². The van der Waals surface area contributed by atoms with Crippen LogP contribution >= 0.6 is 0 Å². The molecule has 0 atom stereocenters. The van der Waals surface area contributed by atoms with Gasteiger partial charge in [0.25, 0.3) is 0 Å².